The number of benzene rings is 1. The molecule has 0 spiro atoms. The first-order valence-corrected chi connectivity index (χ1v) is 11.3. The molecule has 1 unspecified atom stereocenters. The van der Waals surface area contributed by atoms with Gasteiger partial charge in [-0.1, -0.05) is 22.0 Å². The summed E-state index contributed by atoms with van der Waals surface area (Å²) in [5.74, 6) is -0.766. The zero-order chi connectivity index (χ0) is 22.4. The Labute approximate surface area is 191 Å². The molecule has 0 aliphatic carbocycles. The van der Waals surface area contributed by atoms with Gasteiger partial charge in [-0.25, -0.2) is 14.2 Å². The lowest BCUT2D eigenvalue weighted by Crippen LogP contribution is -2.34. The van der Waals surface area contributed by atoms with Crippen molar-refractivity contribution in [2.24, 2.45) is 4.99 Å². The summed E-state index contributed by atoms with van der Waals surface area (Å²) in [4.78, 5) is 33.5. The molecule has 164 valence electrons. The first-order valence-electron chi connectivity index (χ1n) is 9.61. The van der Waals surface area contributed by atoms with Crippen LogP contribution in [0.15, 0.2) is 50.5 Å². The third kappa shape index (κ3) is 5.56. The number of aliphatic imine (C=N–C) groups is 1. The van der Waals surface area contributed by atoms with Crippen LogP contribution >= 0.6 is 27.3 Å². The molecule has 0 bridgehead atoms. The summed E-state index contributed by atoms with van der Waals surface area (Å²) in [6.07, 6.45) is 2.71. The Bertz CT molecular complexity index is 1020. The summed E-state index contributed by atoms with van der Waals surface area (Å²) in [6, 6.07) is 3.50. The van der Waals surface area contributed by atoms with Gasteiger partial charge in [0, 0.05) is 28.2 Å². The second kappa shape index (κ2) is 10.6. The quantitative estimate of drug-likeness (QED) is 0.533. The molecule has 3 rings (SSSR count). The molecular weight excluding hydrogens is 489 g/mol. The standard InChI is InChI=1S/C21H21BrFN3O4S/c1-3-30-21(28)17-15(5-4-6-16(27)29-2)25-19(20-24-9-10-31-20)26-18(17)13-8-7-12(23)11-14(13)22/h7-11,18H,3-6H2,1-2H3,(H,25,26). The van der Waals surface area contributed by atoms with Gasteiger partial charge in [-0.15, -0.1) is 11.3 Å². The molecule has 7 nitrogen and oxygen atoms in total. The lowest BCUT2D eigenvalue weighted by molar-refractivity contribution is -0.140. The Hall–Kier alpha value is -2.59. The molecule has 31 heavy (non-hydrogen) atoms. The number of amidine groups is 1. The Morgan fingerprint density at radius 1 is 1.35 bits per heavy atom. The van der Waals surface area contributed by atoms with Crippen molar-refractivity contribution in [1.82, 2.24) is 10.3 Å². The first-order chi connectivity index (χ1) is 14.9. The van der Waals surface area contributed by atoms with E-state index < -0.39 is 17.8 Å². The predicted octanol–water partition coefficient (Wildman–Crippen LogP) is 4.30. The number of hydrogen-bond donors (Lipinski definition) is 1. The molecule has 1 aromatic heterocycles. The average Bonchev–Trinajstić information content (AvgIpc) is 3.28. The van der Waals surface area contributed by atoms with Crippen molar-refractivity contribution in [3.05, 3.63) is 61.9 Å². The average molecular weight is 510 g/mol. The van der Waals surface area contributed by atoms with Crippen molar-refractivity contribution >= 4 is 45.0 Å². The predicted molar refractivity (Wildman–Crippen MR) is 118 cm³/mol. The van der Waals surface area contributed by atoms with Crippen LogP contribution in [0.5, 0.6) is 0 Å². The third-order valence-corrected chi connectivity index (χ3v) is 6.02. The molecule has 1 aliphatic heterocycles. The van der Waals surface area contributed by atoms with Crippen molar-refractivity contribution in [3.8, 4) is 0 Å². The van der Waals surface area contributed by atoms with Crippen LogP contribution in [0.1, 0.15) is 42.8 Å². The minimum atomic E-state index is -0.734. The SMILES string of the molecule is CCOC(=O)C1=C(CCCC(=O)OC)NC(c2nccs2)=NC1c1ccc(F)cc1Br. The van der Waals surface area contributed by atoms with Gasteiger partial charge in [-0.2, -0.15) is 0 Å². The lowest BCUT2D eigenvalue weighted by atomic mass is 9.93. The van der Waals surface area contributed by atoms with Crippen LogP contribution in [0.2, 0.25) is 0 Å². The minimum Gasteiger partial charge on any atom is -0.469 e. The van der Waals surface area contributed by atoms with Crippen molar-refractivity contribution < 1.29 is 23.5 Å². The van der Waals surface area contributed by atoms with Crippen LogP contribution in [0.25, 0.3) is 0 Å². The maximum Gasteiger partial charge on any atom is 0.338 e. The fraction of sp³-hybridized carbons (Fsp3) is 0.333. The second-order valence-corrected chi connectivity index (χ2v) is 8.30. The Kier molecular flexibility index (Phi) is 7.91. The van der Waals surface area contributed by atoms with E-state index in [4.69, 9.17) is 14.5 Å². The van der Waals surface area contributed by atoms with Gasteiger partial charge in [0.25, 0.3) is 0 Å². The number of allylic oxidation sites excluding steroid dienone is 1. The topological polar surface area (TPSA) is 89.9 Å². The number of nitrogens with zero attached hydrogens (tertiary/aromatic N) is 2. The molecule has 0 radical (unpaired) electrons. The molecule has 0 fully saturated rings. The van der Waals surface area contributed by atoms with Gasteiger partial charge in [-0.05, 0) is 37.5 Å². The van der Waals surface area contributed by atoms with Crippen LogP contribution in [0, 0.1) is 5.82 Å². The van der Waals surface area contributed by atoms with E-state index in [1.807, 2.05) is 5.38 Å². The van der Waals surface area contributed by atoms with Crippen LogP contribution in [0.3, 0.4) is 0 Å². The number of nitrogens with one attached hydrogen (secondary N) is 1. The number of carbonyl (C=O) groups is 2. The van der Waals surface area contributed by atoms with Crippen LogP contribution in [-0.2, 0) is 19.1 Å². The highest BCUT2D eigenvalue weighted by molar-refractivity contribution is 9.10. The summed E-state index contributed by atoms with van der Waals surface area (Å²) in [7, 11) is 1.33. The number of ether oxygens (including phenoxy) is 2. The molecule has 0 saturated heterocycles. The van der Waals surface area contributed by atoms with E-state index in [0.29, 0.717) is 45.0 Å². The van der Waals surface area contributed by atoms with E-state index in [-0.39, 0.29) is 19.0 Å². The zero-order valence-electron chi connectivity index (χ0n) is 17.0. The van der Waals surface area contributed by atoms with Gasteiger partial charge in [-0.3, -0.25) is 9.79 Å². The first kappa shape index (κ1) is 23.1. The van der Waals surface area contributed by atoms with Gasteiger partial charge in [0.15, 0.2) is 10.8 Å². The third-order valence-electron chi connectivity index (χ3n) is 4.55. The van der Waals surface area contributed by atoms with Gasteiger partial charge < -0.3 is 14.8 Å². The molecule has 2 aromatic rings. The number of esters is 2. The molecule has 0 saturated carbocycles. The van der Waals surface area contributed by atoms with E-state index >= 15 is 0 Å². The van der Waals surface area contributed by atoms with E-state index in [2.05, 4.69) is 26.2 Å². The molecular formula is C21H21BrFN3O4S. The van der Waals surface area contributed by atoms with Crippen molar-refractivity contribution in [2.45, 2.75) is 32.2 Å². The zero-order valence-corrected chi connectivity index (χ0v) is 19.4. The smallest absolute Gasteiger partial charge is 0.338 e. The largest absolute Gasteiger partial charge is 0.469 e. The van der Waals surface area contributed by atoms with Gasteiger partial charge in [0.1, 0.15) is 11.9 Å². The van der Waals surface area contributed by atoms with E-state index in [0.717, 1.165) is 0 Å². The van der Waals surface area contributed by atoms with Crippen molar-refractivity contribution in [2.75, 3.05) is 13.7 Å². The van der Waals surface area contributed by atoms with Crippen LogP contribution < -0.4 is 5.32 Å². The lowest BCUT2D eigenvalue weighted by Gasteiger charge is -2.27. The maximum atomic E-state index is 13.7. The Morgan fingerprint density at radius 3 is 2.81 bits per heavy atom. The molecule has 1 aromatic carbocycles. The fourth-order valence-electron chi connectivity index (χ4n) is 3.15. The van der Waals surface area contributed by atoms with E-state index in [1.165, 1.54) is 30.6 Å². The summed E-state index contributed by atoms with van der Waals surface area (Å²) in [5, 5.41) is 5.68. The highest BCUT2D eigenvalue weighted by Gasteiger charge is 2.33. The maximum absolute atomic E-state index is 13.7. The highest BCUT2D eigenvalue weighted by Crippen LogP contribution is 2.37. The normalized spacial score (nSPS) is 15.9. The van der Waals surface area contributed by atoms with Gasteiger partial charge in [0.2, 0.25) is 0 Å². The highest BCUT2D eigenvalue weighted by atomic mass is 79.9. The molecule has 1 aliphatic rings. The van der Waals surface area contributed by atoms with Crippen molar-refractivity contribution in [3.63, 3.8) is 0 Å². The number of rotatable bonds is 8. The number of hydrogen-bond acceptors (Lipinski definition) is 8. The van der Waals surface area contributed by atoms with Gasteiger partial charge in [0.05, 0.1) is 19.3 Å². The summed E-state index contributed by atoms with van der Waals surface area (Å²) in [6.45, 7) is 1.91. The molecule has 1 N–H and O–H groups in total. The molecule has 1 atom stereocenters. The Balaban J connectivity index is 2.07. The summed E-state index contributed by atoms with van der Waals surface area (Å²) >= 11 is 4.79. The monoisotopic (exact) mass is 509 g/mol. The fourth-order valence-corrected chi connectivity index (χ4v) is 4.31. The number of aromatic nitrogens is 1. The minimum absolute atomic E-state index is 0.193. The van der Waals surface area contributed by atoms with Crippen LogP contribution in [0.4, 0.5) is 4.39 Å². The second-order valence-electron chi connectivity index (χ2n) is 6.55. The summed E-state index contributed by atoms with van der Waals surface area (Å²) in [5.41, 5.74) is 1.52. The van der Waals surface area contributed by atoms with E-state index in [1.54, 1.807) is 19.2 Å². The molecule has 2 heterocycles. The summed E-state index contributed by atoms with van der Waals surface area (Å²) < 4.78 is 24.2. The number of methoxy groups -OCH3 is 1. The number of thiazole rings is 1. The number of carbonyl (C=O) groups excluding carboxylic acids is 2. The molecule has 10 heteroatoms. The van der Waals surface area contributed by atoms with Gasteiger partial charge >= 0.3 is 11.9 Å². The molecule has 0 amide bonds. The Morgan fingerprint density at radius 2 is 2.16 bits per heavy atom. The van der Waals surface area contributed by atoms with Crippen LogP contribution in [-0.4, -0.2) is 36.5 Å². The van der Waals surface area contributed by atoms with E-state index in [9.17, 15) is 14.0 Å². The van der Waals surface area contributed by atoms with Crippen molar-refractivity contribution in [1.29, 1.82) is 0 Å². The number of halogens is 2.